The van der Waals surface area contributed by atoms with Crippen LogP contribution in [0.2, 0.25) is 0 Å². The summed E-state index contributed by atoms with van der Waals surface area (Å²) in [6.45, 7) is 0.514. The Morgan fingerprint density at radius 3 is 2.89 bits per heavy atom. The Labute approximate surface area is 112 Å². The van der Waals surface area contributed by atoms with Gasteiger partial charge in [-0.05, 0) is 39.7 Å². The summed E-state index contributed by atoms with van der Waals surface area (Å²) in [7, 11) is 0. The van der Waals surface area contributed by atoms with Crippen molar-refractivity contribution in [1.82, 2.24) is 4.98 Å². The van der Waals surface area contributed by atoms with Crippen LogP contribution in [0.1, 0.15) is 5.56 Å². The maximum absolute atomic E-state index is 10.8. The molecule has 0 aliphatic heterocycles. The van der Waals surface area contributed by atoms with Gasteiger partial charge in [-0.1, -0.05) is 6.07 Å². The monoisotopic (exact) mass is 307 g/mol. The lowest BCUT2D eigenvalue weighted by atomic mass is 10.2. The lowest BCUT2D eigenvalue weighted by Gasteiger charge is -2.06. The molecule has 1 aromatic carbocycles. The molecule has 1 N–H and O–H groups in total. The third-order valence-electron chi connectivity index (χ3n) is 2.37. The quantitative estimate of drug-likeness (QED) is 0.694. The SMILES string of the molecule is O=[N+]([O-])c1cc(CNc2cccnc2)ccc1Br. The zero-order valence-electron chi connectivity index (χ0n) is 9.34. The number of aromatic nitrogens is 1. The highest BCUT2D eigenvalue weighted by Crippen LogP contribution is 2.25. The van der Waals surface area contributed by atoms with Crippen LogP contribution in [0.4, 0.5) is 11.4 Å². The topological polar surface area (TPSA) is 68.1 Å². The van der Waals surface area contributed by atoms with E-state index in [0.717, 1.165) is 11.3 Å². The molecule has 0 unspecified atom stereocenters. The number of benzene rings is 1. The minimum Gasteiger partial charge on any atom is -0.380 e. The highest BCUT2D eigenvalue weighted by atomic mass is 79.9. The highest BCUT2D eigenvalue weighted by Gasteiger charge is 2.11. The molecule has 0 saturated carbocycles. The van der Waals surface area contributed by atoms with Gasteiger partial charge in [0.25, 0.3) is 5.69 Å². The second kappa shape index (κ2) is 5.59. The van der Waals surface area contributed by atoms with E-state index in [1.807, 2.05) is 18.2 Å². The smallest absolute Gasteiger partial charge is 0.283 e. The van der Waals surface area contributed by atoms with Gasteiger partial charge in [0.2, 0.25) is 0 Å². The number of nitrogens with one attached hydrogen (secondary N) is 1. The first-order valence-corrected chi connectivity index (χ1v) is 6.03. The molecule has 1 aromatic heterocycles. The molecule has 18 heavy (non-hydrogen) atoms. The van der Waals surface area contributed by atoms with Crippen LogP contribution < -0.4 is 5.32 Å². The Hall–Kier alpha value is -1.95. The summed E-state index contributed by atoms with van der Waals surface area (Å²) in [4.78, 5) is 14.4. The normalized spacial score (nSPS) is 10.1. The van der Waals surface area contributed by atoms with E-state index in [4.69, 9.17) is 0 Å². The molecule has 0 bridgehead atoms. The highest BCUT2D eigenvalue weighted by molar-refractivity contribution is 9.10. The molecule has 2 rings (SSSR count). The first-order chi connectivity index (χ1) is 8.66. The molecular weight excluding hydrogens is 298 g/mol. The largest absolute Gasteiger partial charge is 0.380 e. The van der Waals surface area contributed by atoms with E-state index < -0.39 is 4.92 Å². The van der Waals surface area contributed by atoms with Crippen LogP contribution in [0.3, 0.4) is 0 Å². The Bertz CT molecular complexity index is 561. The van der Waals surface area contributed by atoms with Gasteiger partial charge in [-0.2, -0.15) is 0 Å². The minimum atomic E-state index is -0.405. The summed E-state index contributed by atoms with van der Waals surface area (Å²) in [6.07, 6.45) is 3.39. The molecule has 0 radical (unpaired) electrons. The van der Waals surface area contributed by atoms with Crippen molar-refractivity contribution in [3.05, 3.63) is 62.9 Å². The zero-order valence-corrected chi connectivity index (χ0v) is 10.9. The van der Waals surface area contributed by atoms with Crippen molar-refractivity contribution >= 4 is 27.3 Å². The van der Waals surface area contributed by atoms with Crippen LogP contribution in [-0.2, 0) is 6.54 Å². The van der Waals surface area contributed by atoms with E-state index in [2.05, 4.69) is 26.2 Å². The molecule has 0 aliphatic rings. The molecule has 5 nitrogen and oxygen atoms in total. The van der Waals surface area contributed by atoms with E-state index in [-0.39, 0.29) is 5.69 Å². The molecule has 2 aromatic rings. The van der Waals surface area contributed by atoms with Gasteiger partial charge in [-0.25, -0.2) is 0 Å². The fraction of sp³-hybridized carbons (Fsp3) is 0.0833. The van der Waals surface area contributed by atoms with Gasteiger partial charge in [0, 0.05) is 25.0 Å². The number of rotatable bonds is 4. The van der Waals surface area contributed by atoms with Crippen molar-refractivity contribution in [2.75, 3.05) is 5.32 Å². The Morgan fingerprint density at radius 1 is 1.39 bits per heavy atom. The summed E-state index contributed by atoms with van der Waals surface area (Å²) < 4.78 is 0.484. The third kappa shape index (κ3) is 3.04. The van der Waals surface area contributed by atoms with Gasteiger partial charge in [0.1, 0.15) is 0 Å². The van der Waals surface area contributed by atoms with Crippen molar-refractivity contribution in [2.24, 2.45) is 0 Å². The molecule has 0 fully saturated rings. The van der Waals surface area contributed by atoms with Gasteiger partial charge >= 0.3 is 0 Å². The Kier molecular flexibility index (Phi) is 3.88. The van der Waals surface area contributed by atoms with Crippen LogP contribution in [0.5, 0.6) is 0 Å². The fourth-order valence-corrected chi connectivity index (χ4v) is 1.87. The number of pyridine rings is 1. The van der Waals surface area contributed by atoms with Crippen molar-refractivity contribution in [3.8, 4) is 0 Å². The fourth-order valence-electron chi connectivity index (χ4n) is 1.48. The summed E-state index contributed by atoms with van der Waals surface area (Å²) >= 11 is 3.15. The van der Waals surface area contributed by atoms with Gasteiger partial charge in [0.15, 0.2) is 0 Å². The van der Waals surface area contributed by atoms with E-state index in [1.165, 1.54) is 0 Å². The predicted molar refractivity (Wildman–Crippen MR) is 72.4 cm³/mol. The second-order valence-electron chi connectivity index (χ2n) is 3.64. The standard InChI is InChI=1S/C12H10BrN3O2/c13-11-4-3-9(6-12(11)16(17)18)7-15-10-2-1-5-14-8-10/h1-6,8,15H,7H2. The number of nitro groups is 1. The van der Waals surface area contributed by atoms with Gasteiger partial charge < -0.3 is 5.32 Å². The second-order valence-corrected chi connectivity index (χ2v) is 4.49. The van der Waals surface area contributed by atoms with Crippen LogP contribution in [-0.4, -0.2) is 9.91 Å². The molecule has 0 amide bonds. The van der Waals surface area contributed by atoms with Crippen molar-refractivity contribution in [2.45, 2.75) is 6.54 Å². The van der Waals surface area contributed by atoms with Crippen molar-refractivity contribution in [3.63, 3.8) is 0 Å². The summed E-state index contributed by atoms with van der Waals surface area (Å²) in [5.74, 6) is 0. The van der Waals surface area contributed by atoms with Crippen LogP contribution in [0.15, 0.2) is 47.2 Å². The number of hydrogen-bond donors (Lipinski definition) is 1. The number of halogens is 1. The van der Waals surface area contributed by atoms with E-state index >= 15 is 0 Å². The first kappa shape index (κ1) is 12.5. The number of anilines is 1. The first-order valence-electron chi connectivity index (χ1n) is 5.23. The molecular formula is C12H10BrN3O2. The number of hydrogen-bond acceptors (Lipinski definition) is 4. The zero-order chi connectivity index (χ0) is 13.0. The molecule has 92 valence electrons. The van der Waals surface area contributed by atoms with Crippen LogP contribution in [0.25, 0.3) is 0 Å². The molecule has 0 atom stereocenters. The number of nitrogens with zero attached hydrogens (tertiary/aromatic N) is 2. The molecule has 6 heteroatoms. The van der Waals surface area contributed by atoms with Gasteiger partial charge in [-0.15, -0.1) is 0 Å². The molecule has 0 aliphatic carbocycles. The average Bonchev–Trinajstić information content (AvgIpc) is 2.38. The van der Waals surface area contributed by atoms with Crippen LogP contribution >= 0.6 is 15.9 Å². The Morgan fingerprint density at radius 2 is 2.22 bits per heavy atom. The average molecular weight is 308 g/mol. The molecule has 0 saturated heterocycles. The Balaban J connectivity index is 2.11. The van der Waals surface area contributed by atoms with Crippen molar-refractivity contribution < 1.29 is 4.92 Å². The van der Waals surface area contributed by atoms with Crippen molar-refractivity contribution in [1.29, 1.82) is 0 Å². The lowest BCUT2D eigenvalue weighted by Crippen LogP contribution is -2.00. The maximum Gasteiger partial charge on any atom is 0.283 e. The lowest BCUT2D eigenvalue weighted by molar-refractivity contribution is -0.385. The van der Waals surface area contributed by atoms with E-state index in [1.54, 1.807) is 24.5 Å². The van der Waals surface area contributed by atoms with E-state index in [0.29, 0.717) is 11.0 Å². The minimum absolute atomic E-state index is 0.0699. The van der Waals surface area contributed by atoms with Gasteiger partial charge in [0.05, 0.1) is 15.1 Å². The van der Waals surface area contributed by atoms with Gasteiger partial charge in [-0.3, -0.25) is 15.1 Å². The number of nitro benzene ring substituents is 1. The maximum atomic E-state index is 10.8. The van der Waals surface area contributed by atoms with E-state index in [9.17, 15) is 10.1 Å². The third-order valence-corrected chi connectivity index (χ3v) is 3.04. The van der Waals surface area contributed by atoms with Crippen LogP contribution in [0, 0.1) is 10.1 Å². The molecule has 1 heterocycles. The summed E-state index contributed by atoms with van der Waals surface area (Å²) in [5.41, 5.74) is 1.79. The summed E-state index contributed by atoms with van der Waals surface area (Å²) in [5, 5.41) is 13.9. The predicted octanol–water partition coefficient (Wildman–Crippen LogP) is 3.36. The summed E-state index contributed by atoms with van der Waals surface area (Å²) in [6, 6.07) is 8.78. The molecule has 0 spiro atoms.